The summed E-state index contributed by atoms with van der Waals surface area (Å²) in [4.78, 5) is 26.9. The van der Waals surface area contributed by atoms with Gasteiger partial charge in [-0.15, -0.1) is 0 Å². The highest BCUT2D eigenvalue weighted by Crippen LogP contribution is 2.16. The van der Waals surface area contributed by atoms with E-state index >= 15 is 0 Å². The Morgan fingerprint density at radius 1 is 1.37 bits per heavy atom. The highest BCUT2D eigenvalue weighted by atomic mass is 19.4. The Kier molecular flexibility index (Phi) is 4.47. The van der Waals surface area contributed by atoms with Crippen molar-refractivity contribution in [3.05, 3.63) is 29.6 Å². The fraction of sp³-hybridized carbons (Fsp3) is 0.364. The SMILES string of the molecule is COC(=O)c1ccc(C(=O)N(C)CC(F)(F)F)nc1. The molecule has 0 fully saturated rings. The summed E-state index contributed by atoms with van der Waals surface area (Å²) in [5.74, 6) is -1.52. The zero-order valence-corrected chi connectivity index (χ0v) is 10.2. The van der Waals surface area contributed by atoms with Crippen molar-refractivity contribution >= 4 is 11.9 Å². The number of ether oxygens (including phenoxy) is 1. The Morgan fingerprint density at radius 3 is 2.42 bits per heavy atom. The Labute approximate surface area is 107 Å². The minimum atomic E-state index is -4.48. The smallest absolute Gasteiger partial charge is 0.406 e. The lowest BCUT2D eigenvalue weighted by Gasteiger charge is -2.18. The van der Waals surface area contributed by atoms with Crippen LogP contribution in [0.25, 0.3) is 0 Å². The molecule has 0 radical (unpaired) electrons. The van der Waals surface area contributed by atoms with E-state index in [0.717, 1.165) is 13.2 Å². The van der Waals surface area contributed by atoms with Crippen LogP contribution in [0.3, 0.4) is 0 Å². The molecule has 0 saturated carbocycles. The zero-order chi connectivity index (χ0) is 14.6. The van der Waals surface area contributed by atoms with Crippen molar-refractivity contribution < 1.29 is 27.5 Å². The van der Waals surface area contributed by atoms with Gasteiger partial charge in [0, 0.05) is 13.2 Å². The third kappa shape index (κ3) is 4.23. The van der Waals surface area contributed by atoms with Crippen LogP contribution in [0, 0.1) is 0 Å². The Balaban J connectivity index is 2.81. The van der Waals surface area contributed by atoms with Gasteiger partial charge in [-0.3, -0.25) is 9.78 Å². The van der Waals surface area contributed by atoms with E-state index in [-0.39, 0.29) is 11.3 Å². The molecule has 0 unspecified atom stereocenters. The fourth-order valence-electron chi connectivity index (χ4n) is 1.30. The van der Waals surface area contributed by atoms with Gasteiger partial charge >= 0.3 is 12.1 Å². The van der Waals surface area contributed by atoms with Gasteiger partial charge in [-0.05, 0) is 12.1 Å². The first-order valence-corrected chi connectivity index (χ1v) is 5.11. The first-order valence-electron chi connectivity index (χ1n) is 5.11. The van der Waals surface area contributed by atoms with Gasteiger partial charge in [0.05, 0.1) is 12.7 Å². The number of hydrogen-bond acceptors (Lipinski definition) is 4. The van der Waals surface area contributed by atoms with Crippen molar-refractivity contribution in [2.24, 2.45) is 0 Å². The number of aromatic nitrogens is 1. The molecule has 5 nitrogen and oxygen atoms in total. The summed E-state index contributed by atoms with van der Waals surface area (Å²) >= 11 is 0. The summed E-state index contributed by atoms with van der Waals surface area (Å²) in [6.07, 6.45) is -3.41. The lowest BCUT2D eigenvalue weighted by molar-refractivity contribution is -0.138. The van der Waals surface area contributed by atoms with Crippen LogP contribution in [0.1, 0.15) is 20.8 Å². The summed E-state index contributed by atoms with van der Waals surface area (Å²) in [5, 5.41) is 0. The molecule has 19 heavy (non-hydrogen) atoms. The largest absolute Gasteiger partial charge is 0.465 e. The summed E-state index contributed by atoms with van der Waals surface area (Å²) in [5.41, 5.74) is -0.0723. The predicted molar refractivity (Wildman–Crippen MR) is 58.6 cm³/mol. The molecular formula is C11H11F3N2O3. The van der Waals surface area contributed by atoms with Crippen LogP contribution in [0.2, 0.25) is 0 Å². The molecule has 1 aromatic rings. The summed E-state index contributed by atoms with van der Waals surface area (Å²) in [6.45, 7) is -1.37. The molecule has 1 rings (SSSR count). The molecule has 0 N–H and O–H groups in total. The highest BCUT2D eigenvalue weighted by Gasteiger charge is 2.31. The van der Waals surface area contributed by atoms with E-state index in [1.165, 1.54) is 19.2 Å². The summed E-state index contributed by atoms with van der Waals surface area (Å²) < 4.78 is 40.8. The van der Waals surface area contributed by atoms with Crippen LogP contribution in [-0.4, -0.2) is 48.6 Å². The van der Waals surface area contributed by atoms with Crippen LogP contribution in [0.5, 0.6) is 0 Å². The van der Waals surface area contributed by atoms with E-state index < -0.39 is 24.6 Å². The van der Waals surface area contributed by atoms with Crippen molar-refractivity contribution in [3.63, 3.8) is 0 Å². The molecule has 0 bridgehead atoms. The van der Waals surface area contributed by atoms with E-state index in [1.54, 1.807) is 0 Å². The first-order chi connectivity index (χ1) is 8.74. The number of halogens is 3. The molecule has 1 heterocycles. The molecule has 0 saturated heterocycles. The average Bonchev–Trinajstić information content (AvgIpc) is 2.35. The number of esters is 1. The molecule has 0 aromatic carbocycles. The average molecular weight is 276 g/mol. The minimum absolute atomic E-state index is 0.109. The van der Waals surface area contributed by atoms with Gasteiger partial charge in [-0.1, -0.05) is 0 Å². The van der Waals surface area contributed by atoms with E-state index in [4.69, 9.17) is 0 Å². The molecule has 104 valence electrons. The second-order valence-corrected chi connectivity index (χ2v) is 3.70. The molecule has 0 spiro atoms. The first kappa shape index (κ1) is 14.9. The van der Waals surface area contributed by atoms with Gasteiger partial charge in [0.2, 0.25) is 0 Å². The number of methoxy groups -OCH3 is 1. The molecule has 0 aliphatic rings. The Hall–Kier alpha value is -2.12. The minimum Gasteiger partial charge on any atom is -0.465 e. The molecule has 0 aliphatic carbocycles. The summed E-state index contributed by atoms with van der Waals surface area (Å²) in [7, 11) is 2.20. The van der Waals surface area contributed by atoms with Gasteiger partial charge < -0.3 is 9.64 Å². The van der Waals surface area contributed by atoms with Crippen LogP contribution < -0.4 is 0 Å². The van der Waals surface area contributed by atoms with Crippen LogP contribution in [-0.2, 0) is 4.74 Å². The number of pyridine rings is 1. The van der Waals surface area contributed by atoms with Crippen LogP contribution in [0.15, 0.2) is 18.3 Å². The number of alkyl halides is 3. The third-order valence-electron chi connectivity index (χ3n) is 2.17. The van der Waals surface area contributed by atoms with Crippen molar-refractivity contribution in [3.8, 4) is 0 Å². The van der Waals surface area contributed by atoms with Gasteiger partial charge in [0.1, 0.15) is 12.2 Å². The summed E-state index contributed by atoms with van der Waals surface area (Å²) in [6, 6.07) is 2.43. The Bertz CT molecular complexity index is 471. The number of carbonyl (C=O) groups excluding carboxylic acids is 2. The second kappa shape index (κ2) is 5.68. The standard InChI is InChI=1S/C11H11F3N2O3/c1-16(6-11(12,13)14)9(17)8-4-3-7(5-15-8)10(18)19-2/h3-5H,6H2,1-2H3. The van der Waals surface area contributed by atoms with Crippen molar-refractivity contribution in [2.45, 2.75) is 6.18 Å². The van der Waals surface area contributed by atoms with E-state index in [1.807, 2.05) is 0 Å². The van der Waals surface area contributed by atoms with Gasteiger partial charge in [0.25, 0.3) is 5.91 Å². The van der Waals surface area contributed by atoms with Crippen molar-refractivity contribution in [1.29, 1.82) is 0 Å². The number of amides is 1. The monoisotopic (exact) mass is 276 g/mol. The number of hydrogen-bond donors (Lipinski definition) is 0. The van der Waals surface area contributed by atoms with Gasteiger partial charge in [-0.25, -0.2) is 4.79 Å². The van der Waals surface area contributed by atoms with E-state index in [9.17, 15) is 22.8 Å². The molecule has 8 heteroatoms. The maximum absolute atomic E-state index is 12.1. The number of rotatable bonds is 3. The maximum atomic E-state index is 12.1. The molecule has 1 amide bonds. The zero-order valence-electron chi connectivity index (χ0n) is 10.2. The van der Waals surface area contributed by atoms with Crippen molar-refractivity contribution in [1.82, 2.24) is 9.88 Å². The Morgan fingerprint density at radius 2 is 2.00 bits per heavy atom. The van der Waals surface area contributed by atoms with E-state index in [0.29, 0.717) is 4.90 Å². The third-order valence-corrected chi connectivity index (χ3v) is 2.17. The van der Waals surface area contributed by atoms with Crippen LogP contribution >= 0.6 is 0 Å². The highest BCUT2D eigenvalue weighted by molar-refractivity contribution is 5.94. The lowest BCUT2D eigenvalue weighted by Crippen LogP contribution is -2.36. The van der Waals surface area contributed by atoms with E-state index in [2.05, 4.69) is 9.72 Å². The topological polar surface area (TPSA) is 59.5 Å². The number of carbonyl (C=O) groups is 2. The molecule has 1 aromatic heterocycles. The number of nitrogens with zero attached hydrogens (tertiary/aromatic N) is 2. The van der Waals surface area contributed by atoms with Gasteiger partial charge in [0.15, 0.2) is 0 Å². The quantitative estimate of drug-likeness (QED) is 0.785. The molecular weight excluding hydrogens is 265 g/mol. The fourth-order valence-corrected chi connectivity index (χ4v) is 1.30. The molecule has 0 aliphatic heterocycles. The predicted octanol–water partition coefficient (Wildman–Crippen LogP) is 1.50. The van der Waals surface area contributed by atoms with Gasteiger partial charge in [-0.2, -0.15) is 13.2 Å². The maximum Gasteiger partial charge on any atom is 0.406 e. The van der Waals surface area contributed by atoms with Crippen LogP contribution in [0.4, 0.5) is 13.2 Å². The normalized spacial score (nSPS) is 11.0. The second-order valence-electron chi connectivity index (χ2n) is 3.70. The van der Waals surface area contributed by atoms with Crippen molar-refractivity contribution in [2.75, 3.05) is 20.7 Å². The molecule has 0 atom stereocenters. The lowest BCUT2D eigenvalue weighted by atomic mass is 10.2.